The molecule has 116 valence electrons. The highest BCUT2D eigenvalue weighted by molar-refractivity contribution is 6.00. The van der Waals surface area contributed by atoms with Gasteiger partial charge in [-0.2, -0.15) is 0 Å². The van der Waals surface area contributed by atoms with Crippen molar-refractivity contribution in [1.29, 1.82) is 0 Å². The third-order valence-electron chi connectivity index (χ3n) is 3.20. The summed E-state index contributed by atoms with van der Waals surface area (Å²) in [5.74, 6) is 0.300. The Morgan fingerprint density at radius 3 is 2.62 bits per heavy atom. The van der Waals surface area contributed by atoms with Crippen molar-refractivity contribution in [3.8, 4) is 0 Å². The number of nitrogens with one attached hydrogen (secondary N) is 1. The van der Waals surface area contributed by atoms with Gasteiger partial charge in [0.25, 0.3) is 11.6 Å². The van der Waals surface area contributed by atoms with Crippen LogP contribution in [0.1, 0.15) is 37.6 Å². The molecule has 0 saturated carbocycles. The van der Waals surface area contributed by atoms with Crippen LogP contribution in [0.15, 0.2) is 18.2 Å². The monoisotopic (exact) mass is 293 g/mol. The number of carbonyl (C=O) groups is 1. The van der Waals surface area contributed by atoms with E-state index in [-0.39, 0.29) is 11.6 Å². The Morgan fingerprint density at radius 2 is 2.10 bits per heavy atom. The Kier molecular flexibility index (Phi) is 6.14. The van der Waals surface area contributed by atoms with E-state index >= 15 is 0 Å². The van der Waals surface area contributed by atoms with Gasteiger partial charge in [-0.3, -0.25) is 14.9 Å². The lowest BCUT2D eigenvalue weighted by molar-refractivity contribution is -0.384. The van der Waals surface area contributed by atoms with Crippen LogP contribution in [0.5, 0.6) is 0 Å². The van der Waals surface area contributed by atoms with Crippen molar-refractivity contribution in [2.75, 3.05) is 25.5 Å². The lowest BCUT2D eigenvalue weighted by Gasteiger charge is -2.20. The SMILES string of the molecule is CCNc1ccc([N+](=O)[O-])cc1C(=O)N(C)CCC(C)C. The molecule has 1 N–H and O–H groups in total. The van der Waals surface area contributed by atoms with Gasteiger partial charge >= 0.3 is 0 Å². The Labute approximate surface area is 125 Å². The minimum atomic E-state index is -0.485. The lowest BCUT2D eigenvalue weighted by atomic mass is 10.1. The van der Waals surface area contributed by atoms with Crippen LogP contribution in [0.2, 0.25) is 0 Å². The summed E-state index contributed by atoms with van der Waals surface area (Å²) in [6.07, 6.45) is 0.897. The van der Waals surface area contributed by atoms with Crippen LogP contribution in [0.25, 0.3) is 0 Å². The maximum absolute atomic E-state index is 12.5. The van der Waals surface area contributed by atoms with Gasteiger partial charge in [-0.05, 0) is 25.3 Å². The van der Waals surface area contributed by atoms with Gasteiger partial charge in [-0.15, -0.1) is 0 Å². The van der Waals surface area contributed by atoms with E-state index in [1.807, 2.05) is 6.92 Å². The summed E-state index contributed by atoms with van der Waals surface area (Å²) in [6, 6.07) is 4.33. The normalized spacial score (nSPS) is 10.5. The van der Waals surface area contributed by atoms with Gasteiger partial charge in [0, 0.05) is 38.0 Å². The highest BCUT2D eigenvalue weighted by Gasteiger charge is 2.19. The first kappa shape index (κ1) is 16.9. The van der Waals surface area contributed by atoms with Crippen LogP contribution in [-0.2, 0) is 0 Å². The Bertz CT molecular complexity index is 515. The van der Waals surface area contributed by atoms with Crippen LogP contribution >= 0.6 is 0 Å². The van der Waals surface area contributed by atoms with E-state index in [9.17, 15) is 14.9 Å². The minimum Gasteiger partial charge on any atom is -0.385 e. The number of rotatable bonds is 7. The molecule has 0 spiro atoms. The number of anilines is 1. The number of benzene rings is 1. The second-order valence-corrected chi connectivity index (χ2v) is 5.43. The zero-order valence-corrected chi connectivity index (χ0v) is 13.0. The molecule has 21 heavy (non-hydrogen) atoms. The molecule has 0 aliphatic carbocycles. The van der Waals surface area contributed by atoms with Gasteiger partial charge in [0.1, 0.15) is 0 Å². The summed E-state index contributed by atoms with van der Waals surface area (Å²) in [7, 11) is 1.72. The van der Waals surface area contributed by atoms with Crippen molar-refractivity contribution in [3.05, 3.63) is 33.9 Å². The van der Waals surface area contributed by atoms with Crippen molar-refractivity contribution in [1.82, 2.24) is 4.90 Å². The summed E-state index contributed by atoms with van der Waals surface area (Å²) >= 11 is 0. The largest absolute Gasteiger partial charge is 0.385 e. The second kappa shape index (κ2) is 7.61. The number of hydrogen-bond donors (Lipinski definition) is 1. The number of amides is 1. The number of nitro groups is 1. The lowest BCUT2D eigenvalue weighted by Crippen LogP contribution is -2.29. The highest BCUT2D eigenvalue weighted by Crippen LogP contribution is 2.23. The summed E-state index contributed by atoms with van der Waals surface area (Å²) in [5, 5.41) is 14.0. The topological polar surface area (TPSA) is 75.5 Å². The van der Waals surface area contributed by atoms with Crippen molar-refractivity contribution < 1.29 is 9.72 Å². The molecule has 1 aromatic carbocycles. The molecule has 0 aromatic heterocycles. The molecule has 0 saturated heterocycles. The molecule has 1 aromatic rings. The molecule has 0 heterocycles. The fraction of sp³-hybridized carbons (Fsp3) is 0.533. The van der Waals surface area contributed by atoms with Crippen molar-refractivity contribution in [3.63, 3.8) is 0 Å². The highest BCUT2D eigenvalue weighted by atomic mass is 16.6. The van der Waals surface area contributed by atoms with E-state index in [4.69, 9.17) is 0 Å². The maximum Gasteiger partial charge on any atom is 0.270 e. The molecule has 0 atom stereocenters. The van der Waals surface area contributed by atoms with E-state index in [2.05, 4.69) is 19.2 Å². The molecule has 0 aliphatic heterocycles. The van der Waals surface area contributed by atoms with Crippen LogP contribution in [0.4, 0.5) is 11.4 Å². The van der Waals surface area contributed by atoms with Crippen LogP contribution < -0.4 is 5.32 Å². The predicted molar refractivity (Wildman–Crippen MR) is 83.7 cm³/mol. The van der Waals surface area contributed by atoms with Crippen molar-refractivity contribution in [2.24, 2.45) is 5.92 Å². The Morgan fingerprint density at radius 1 is 1.43 bits per heavy atom. The quantitative estimate of drug-likeness (QED) is 0.619. The van der Waals surface area contributed by atoms with Gasteiger partial charge in [0.2, 0.25) is 0 Å². The molecule has 0 fully saturated rings. The van der Waals surface area contributed by atoms with Crippen LogP contribution in [0.3, 0.4) is 0 Å². The molecule has 1 amide bonds. The molecule has 6 heteroatoms. The fourth-order valence-electron chi connectivity index (χ4n) is 1.93. The van der Waals surface area contributed by atoms with E-state index in [1.165, 1.54) is 12.1 Å². The zero-order chi connectivity index (χ0) is 16.0. The predicted octanol–water partition coefficient (Wildman–Crippen LogP) is 3.14. The summed E-state index contributed by atoms with van der Waals surface area (Å²) in [5.41, 5.74) is 0.902. The Hall–Kier alpha value is -2.11. The first-order chi connectivity index (χ1) is 9.86. The van der Waals surface area contributed by atoms with Gasteiger partial charge in [0.15, 0.2) is 0 Å². The van der Waals surface area contributed by atoms with E-state index in [0.29, 0.717) is 30.3 Å². The first-order valence-corrected chi connectivity index (χ1v) is 7.14. The van der Waals surface area contributed by atoms with Crippen LogP contribution in [-0.4, -0.2) is 35.9 Å². The number of nitrogens with zero attached hydrogens (tertiary/aromatic N) is 2. The van der Waals surface area contributed by atoms with Crippen LogP contribution in [0, 0.1) is 16.0 Å². The Balaban J connectivity index is 3.03. The molecule has 0 bridgehead atoms. The number of nitro benzene ring substituents is 1. The molecule has 0 aliphatic rings. The second-order valence-electron chi connectivity index (χ2n) is 5.43. The van der Waals surface area contributed by atoms with Gasteiger partial charge in [-0.1, -0.05) is 13.8 Å². The number of carbonyl (C=O) groups excluding carboxylic acids is 1. The van der Waals surface area contributed by atoms with Crippen molar-refractivity contribution >= 4 is 17.3 Å². The van der Waals surface area contributed by atoms with Gasteiger partial charge < -0.3 is 10.2 Å². The average molecular weight is 293 g/mol. The molecule has 0 radical (unpaired) electrons. The van der Waals surface area contributed by atoms with Gasteiger partial charge in [0.05, 0.1) is 10.5 Å². The molecule has 1 rings (SSSR count). The average Bonchev–Trinajstić information content (AvgIpc) is 2.44. The molecule has 0 unspecified atom stereocenters. The third kappa shape index (κ3) is 4.73. The zero-order valence-electron chi connectivity index (χ0n) is 13.0. The number of hydrogen-bond acceptors (Lipinski definition) is 4. The first-order valence-electron chi connectivity index (χ1n) is 7.14. The van der Waals surface area contributed by atoms with E-state index in [1.54, 1.807) is 18.0 Å². The fourth-order valence-corrected chi connectivity index (χ4v) is 1.93. The smallest absolute Gasteiger partial charge is 0.270 e. The maximum atomic E-state index is 12.5. The third-order valence-corrected chi connectivity index (χ3v) is 3.20. The van der Waals surface area contributed by atoms with E-state index < -0.39 is 4.92 Å². The standard InChI is InChI=1S/C15H23N3O3/c1-5-16-14-7-6-12(18(20)21)10-13(14)15(19)17(4)9-8-11(2)3/h6-7,10-11,16H,5,8-9H2,1-4H3. The molecule has 6 nitrogen and oxygen atoms in total. The summed E-state index contributed by atoms with van der Waals surface area (Å²) in [4.78, 5) is 24.5. The molecular weight excluding hydrogens is 270 g/mol. The minimum absolute atomic E-state index is 0.0720. The van der Waals surface area contributed by atoms with Crippen molar-refractivity contribution in [2.45, 2.75) is 27.2 Å². The molecular formula is C15H23N3O3. The summed E-state index contributed by atoms with van der Waals surface area (Å²) in [6.45, 7) is 7.38. The number of non-ortho nitro benzene ring substituents is 1. The summed E-state index contributed by atoms with van der Waals surface area (Å²) < 4.78 is 0. The van der Waals surface area contributed by atoms with Gasteiger partial charge in [-0.25, -0.2) is 0 Å². The van der Waals surface area contributed by atoms with E-state index in [0.717, 1.165) is 6.42 Å².